The molecule has 0 aliphatic rings. The lowest BCUT2D eigenvalue weighted by Gasteiger charge is -1.98. The molecule has 0 fully saturated rings. The molecule has 5 nitrogen and oxygen atoms in total. The van der Waals surface area contributed by atoms with Gasteiger partial charge in [-0.3, -0.25) is 4.99 Å². The molecule has 0 saturated heterocycles. The molecule has 0 radical (unpaired) electrons. The maximum Gasteiger partial charge on any atom is 0.124 e. The van der Waals surface area contributed by atoms with Crippen molar-refractivity contribution < 1.29 is 10.2 Å². The van der Waals surface area contributed by atoms with E-state index in [-0.39, 0.29) is 11.5 Å². The predicted octanol–water partition coefficient (Wildman–Crippen LogP) is 2.81. The van der Waals surface area contributed by atoms with Crippen LogP contribution in [0.4, 0.5) is 0 Å². The third-order valence-corrected chi connectivity index (χ3v) is 2.93. The highest BCUT2D eigenvalue weighted by Gasteiger charge is 1.93. The van der Waals surface area contributed by atoms with Crippen molar-refractivity contribution in [2.24, 2.45) is 4.99 Å². The fourth-order valence-electron chi connectivity index (χ4n) is 1.69. The zero-order valence-corrected chi connectivity index (χ0v) is 13.2. The first-order chi connectivity index (χ1) is 11.2. The molecule has 0 aliphatic heterocycles. The fourth-order valence-corrected chi connectivity index (χ4v) is 1.69. The van der Waals surface area contributed by atoms with Gasteiger partial charge in [-0.05, 0) is 30.8 Å². The lowest BCUT2D eigenvalue weighted by molar-refractivity contribution is 0.474. The summed E-state index contributed by atoms with van der Waals surface area (Å²) >= 11 is 0. The monoisotopic (exact) mass is 313 g/mol. The number of para-hydroxylation sites is 2. The van der Waals surface area contributed by atoms with E-state index < -0.39 is 0 Å². The van der Waals surface area contributed by atoms with E-state index >= 15 is 0 Å². The number of phenols is 2. The number of hydrogen-bond donors (Lipinski definition) is 4. The first kappa shape index (κ1) is 18.4. The molecule has 0 amide bonds. The zero-order chi connectivity index (χ0) is 16.9. The van der Waals surface area contributed by atoms with Crippen LogP contribution < -0.4 is 5.32 Å². The topological polar surface area (TPSA) is 88.7 Å². The van der Waals surface area contributed by atoms with Gasteiger partial charge in [0, 0.05) is 30.1 Å². The van der Waals surface area contributed by atoms with Gasteiger partial charge in [-0.25, -0.2) is 0 Å². The number of phenolic OH excluding ortho intramolecular Hbond substituents is 2. The highest BCUT2D eigenvalue weighted by atomic mass is 16.3. The summed E-state index contributed by atoms with van der Waals surface area (Å²) in [4.78, 5) is 4.19. The summed E-state index contributed by atoms with van der Waals surface area (Å²) in [6.07, 6.45) is 2.82. The summed E-state index contributed by atoms with van der Waals surface area (Å²) in [5, 5.41) is 28.3. The third kappa shape index (κ3) is 7.24. The Balaban J connectivity index is 0.000000253. The Morgan fingerprint density at radius 3 is 2.04 bits per heavy atom. The third-order valence-electron chi connectivity index (χ3n) is 2.93. The Hall–Kier alpha value is -2.66. The van der Waals surface area contributed by atoms with Crippen molar-refractivity contribution in [2.75, 3.05) is 19.6 Å². The number of benzene rings is 2. The van der Waals surface area contributed by atoms with E-state index in [2.05, 4.69) is 17.2 Å². The van der Waals surface area contributed by atoms with Crippen molar-refractivity contribution >= 4 is 12.4 Å². The number of aromatic hydroxyl groups is 2. The first-order valence-corrected chi connectivity index (χ1v) is 7.46. The molecule has 2 aromatic carbocycles. The molecule has 0 spiro atoms. The second-order valence-corrected chi connectivity index (χ2v) is 4.65. The van der Waals surface area contributed by atoms with Crippen molar-refractivity contribution in [3.8, 4) is 11.5 Å². The molecule has 0 heterocycles. The Labute approximate surface area is 136 Å². The summed E-state index contributed by atoms with van der Waals surface area (Å²) in [7, 11) is 0. The normalized spacial score (nSPS) is 10.1. The first-order valence-electron chi connectivity index (χ1n) is 7.46. The van der Waals surface area contributed by atoms with Gasteiger partial charge in [0.25, 0.3) is 0 Å². The van der Waals surface area contributed by atoms with E-state index in [1.807, 2.05) is 12.1 Å². The van der Waals surface area contributed by atoms with Crippen LogP contribution in [-0.2, 0) is 0 Å². The Kier molecular flexibility index (Phi) is 8.78. The molecule has 0 saturated carbocycles. The van der Waals surface area contributed by atoms with Gasteiger partial charge >= 0.3 is 0 Å². The summed E-state index contributed by atoms with van der Waals surface area (Å²) in [5.41, 5.74) is 1.32. The van der Waals surface area contributed by atoms with E-state index in [1.165, 1.54) is 0 Å². The minimum absolute atomic E-state index is 0.160. The summed E-state index contributed by atoms with van der Waals surface area (Å²) in [6, 6.07) is 13.9. The van der Waals surface area contributed by atoms with Crippen molar-refractivity contribution in [3.63, 3.8) is 0 Å². The summed E-state index contributed by atoms with van der Waals surface area (Å²) < 4.78 is 0. The second-order valence-electron chi connectivity index (χ2n) is 4.65. The number of likely N-dealkylation sites (N-methyl/N-ethyl adjacent to an activating group) is 1. The van der Waals surface area contributed by atoms with Crippen molar-refractivity contribution in [1.29, 1.82) is 5.41 Å². The van der Waals surface area contributed by atoms with E-state index in [9.17, 15) is 5.11 Å². The molecule has 0 atom stereocenters. The number of rotatable bonds is 6. The van der Waals surface area contributed by atoms with Crippen LogP contribution in [0.15, 0.2) is 53.5 Å². The van der Waals surface area contributed by atoms with E-state index in [1.54, 1.807) is 42.6 Å². The molecule has 122 valence electrons. The van der Waals surface area contributed by atoms with Crippen molar-refractivity contribution in [2.45, 2.75) is 6.92 Å². The fraction of sp³-hybridized carbons (Fsp3) is 0.222. The maximum atomic E-state index is 9.41. The molecular weight excluding hydrogens is 290 g/mol. The van der Waals surface area contributed by atoms with Gasteiger partial charge < -0.3 is 20.9 Å². The second kappa shape index (κ2) is 11.0. The molecule has 23 heavy (non-hydrogen) atoms. The molecule has 2 aromatic rings. The molecule has 0 aromatic heterocycles. The van der Waals surface area contributed by atoms with Crippen LogP contribution in [0.1, 0.15) is 18.1 Å². The molecule has 0 aliphatic carbocycles. The van der Waals surface area contributed by atoms with Crippen molar-refractivity contribution in [3.05, 3.63) is 59.7 Å². The van der Waals surface area contributed by atoms with Gasteiger partial charge in [-0.2, -0.15) is 0 Å². The molecule has 2 rings (SSSR count). The molecule has 0 bridgehead atoms. The van der Waals surface area contributed by atoms with E-state index in [0.29, 0.717) is 5.56 Å². The number of hydrogen-bond acceptors (Lipinski definition) is 5. The van der Waals surface area contributed by atoms with Crippen LogP contribution in [0.3, 0.4) is 0 Å². The van der Waals surface area contributed by atoms with Crippen LogP contribution in [-0.4, -0.2) is 42.3 Å². The van der Waals surface area contributed by atoms with Crippen molar-refractivity contribution in [1.82, 2.24) is 5.32 Å². The standard InChI is InChI=1S/C11H16N2O.C7H7NO/c1-2-12-7-8-13-9-10-5-3-4-6-11(10)14;8-5-6-3-1-2-4-7(6)9/h3-6,9,12,14H,2,7-8H2,1H3;1-5,8-9H. The summed E-state index contributed by atoms with van der Waals surface area (Å²) in [6.45, 7) is 4.64. The Morgan fingerprint density at radius 2 is 1.57 bits per heavy atom. The van der Waals surface area contributed by atoms with Crippen LogP contribution in [0.2, 0.25) is 0 Å². The van der Waals surface area contributed by atoms with Gasteiger partial charge in [-0.15, -0.1) is 0 Å². The highest BCUT2D eigenvalue weighted by Crippen LogP contribution is 2.12. The Bertz CT molecular complexity index is 627. The number of nitrogens with one attached hydrogen (secondary N) is 2. The average molecular weight is 313 g/mol. The minimum Gasteiger partial charge on any atom is -0.507 e. The average Bonchev–Trinajstić information content (AvgIpc) is 2.57. The predicted molar refractivity (Wildman–Crippen MR) is 95.1 cm³/mol. The Morgan fingerprint density at radius 1 is 1.00 bits per heavy atom. The van der Waals surface area contributed by atoms with E-state index in [0.717, 1.165) is 31.4 Å². The lowest BCUT2D eigenvalue weighted by Crippen LogP contribution is -2.16. The van der Waals surface area contributed by atoms with Gasteiger partial charge in [0.15, 0.2) is 0 Å². The molecule has 4 N–H and O–H groups in total. The van der Waals surface area contributed by atoms with Gasteiger partial charge in [-0.1, -0.05) is 31.2 Å². The van der Waals surface area contributed by atoms with Crippen LogP contribution in [0.5, 0.6) is 11.5 Å². The molecule has 5 heteroatoms. The zero-order valence-electron chi connectivity index (χ0n) is 13.2. The quantitative estimate of drug-likeness (QED) is 0.488. The van der Waals surface area contributed by atoms with Gasteiger partial charge in [0.1, 0.15) is 11.5 Å². The van der Waals surface area contributed by atoms with Crippen LogP contribution >= 0.6 is 0 Å². The summed E-state index contributed by atoms with van der Waals surface area (Å²) in [5.74, 6) is 0.437. The maximum absolute atomic E-state index is 9.41. The number of nitrogens with zero attached hydrogens (tertiary/aromatic N) is 1. The largest absolute Gasteiger partial charge is 0.507 e. The van der Waals surface area contributed by atoms with Crippen LogP contribution in [0.25, 0.3) is 0 Å². The lowest BCUT2D eigenvalue weighted by atomic mass is 10.2. The van der Waals surface area contributed by atoms with Crippen LogP contribution in [0, 0.1) is 5.41 Å². The molecule has 0 unspecified atom stereocenters. The van der Waals surface area contributed by atoms with Gasteiger partial charge in [0.2, 0.25) is 0 Å². The highest BCUT2D eigenvalue weighted by molar-refractivity contribution is 5.83. The SMILES string of the molecule is CCNCCN=Cc1ccccc1O.N=Cc1ccccc1O. The molecular formula is C18H23N3O2. The van der Waals surface area contributed by atoms with Gasteiger partial charge in [0.05, 0.1) is 6.54 Å². The van der Waals surface area contributed by atoms with E-state index in [4.69, 9.17) is 10.5 Å². The smallest absolute Gasteiger partial charge is 0.124 e. The minimum atomic E-state index is 0.160. The number of aliphatic imine (C=N–C) groups is 1.